The average molecular weight is 392 g/mol. The third-order valence-electron chi connectivity index (χ3n) is 2.89. The Balaban J connectivity index is 1.69. The summed E-state index contributed by atoms with van der Waals surface area (Å²) in [4.78, 5) is 4.67. The molecule has 4 heteroatoms. The van der Waals surface area contributed by atoms with Gasteiger partial charge in [-0.15, -0.1) is 11.3 Å². The molecule has 3 aromatic rings. The summed E-state index contributed by atoms with van der Waals surface area (Å²) in [6.45, 7) is 0.762. The number of hydrogen-bond donors (Lipinski definition) is 1. The summed E-state index contributed by atoms with van der Waals surface area (Å²) in [5.74, 6) is 0. The van der Waals surface area contributed by atoms with Gasteiger partial charge in [-0.3, -0.25) is 0 Å². The Morgan fingerprint density at radius 3 is 2.70 bits per heavy atom. The highest BCUT2D eigenvalue weighted by molar-refractivity contribution is 14.1. The molecule has 1 aromatic heterocycles. The zero-order valence-electron chi connectivity index (χ0n) is 10.7. The van der Waals surface area contributed by atoms with E-state index in [4.69, 9.17) is 0 Å². The molecule has 0 spiro atoms. The monoisotopic (exact) mass is 392 g/mol. The average Bonchev–Trinajstić information content (AvgIpc) is 2.95. The van der Waals surface area contributed by atoms with Crippen LogP contribution in [0.2, 0.25) is 0 Å². The first-order valence-corrected chi connectivity index (χ1v) is 8.26. The lowest BCUT2D eigenvalue weighted by atomic mass is 10.2. The zero-order chi connectivity index (χ0) is 13.8. The van der Waals surface area contributed by atoms with Crippen molar-refractivity contribution in [2.45, 2.75) is 6.54 Å². The van der Waals surface area contributed by atoms with Gasteiger partial charge in [-0.25, -0.2) is 4.98 Å². The summed E-state index contributed by atoms with van der Waals surface area (Å²) in [6.07, 6.45) is 0. The molecule has 0 atom stereocenters. The highest BCUT2D eigenvalue weighted by Gasteiger charge is 2.04. The molecular formula is C16H13IN2S. The van der Waals surface area contributed by atoms with Crippen molar-refractivity contribution in [3.63, 3.8) is 0 Å². The van der Waals surface area contributed by atoms with Gasteiger partial charge in [0.1, 0.15) is 5.01 Å². The van der Waals surface area contributed by atoms with Crippen LogP contribution in [-0.2, 0) is 6.54 Å². The Hall–Kier alpha value is -1.40. The van der Waals surface area contributed by atoms with E-state index in [0.29, 0.717) is 0 Å². The Kier molecular flexibility index (Phi) is 4.32. The van der Waals surface area contributed by atoms with E-state index in [1.807, 2.05) is 18.2 Å². The maximum atomic E-state index is 4.67. The SMILES string of the molecule is Ic1cccc(NCc2nc(-c3ccccc3)cs2)c1. The number of nitrogens with one attached hydrogen (secondary N) is 1. The Bertz CT molecular complexity index is 694. The van der Waals surface area contributed by atoms with Crippen molar-refractivity contribution >= 4 is 39.6 Å². The first-order chi connectivity index (χ1) is 9.81. The van der Waals surface area contributed by atoms with Crippen molar-refractivity contribution in [2.24, 2.45) is 0 Å². The van der Waals surface area contributed by atoms with Gasteiger partial charge < -0.3 is 5.32 Å². The quantitative estimate of drug-likeness (QED) is 0.631. The molecule has 0 bridgehead atoms. The number of aromatic nitrogens is 1. The summed E-state index contributed by atoms with van der Waals surface area (Å²) in [5.41, 5.74) is 3.35. The van der Waals surface area contributed by atoms with Gasteiger partial charge >= 0.3 is 0 Å². The highest BCUT2D eigenvalue weighted by atomic mass is 127. The molecule has 100 valence electrons. The van der Waals surface area contributed by atoms with Crippen LogP contribution in [0.3, 0.4) is 0 Å². The van der Waals surface area contributed by atoms with Crippen molar-refractivity contribution in [3.05, 3.63) is 68.6 Å². The van der Waals surface area contributed by atoms with E-state index < -0.39 is 0 Å². The van der Waals surface area contributed by atoms with E-state index in [1.54, 1.807) is 11.3 Å². The van der Waals surface area contributed by atoms with Gasteiger partial charge in [0.15, 0.2) is 0 Å². The number of halogens is 1. The molecule has 0 amide bonds. The van der Waals surface area contributed by atoms with Gasteiger partial charge in [-0.05, 0) is 40.8 Å². The fourth-order valence-electron chi connectivity index (χ4n) is 1.91. The molecule has 0 saturated carbocycles. The highest BCUT2D eigenvalue weighted by Crippen LogP contribution is 2.22. The van der Waals surface area contributed by atoms with Crippen molar-refractivity contribution in [2.75, 3.05) is 5.32 Å². The maximum Gasteiger partial charge on any atom is 0.112 e. The molecule has 3 rings (SSSR count). The van der Waals surface area contributed by atoms with E-state index in [0.717, 1.165) is 22.9 Å². The fraction of sp³-hybridized carbons (Fsp3) is 0.0625. The van der Waals surface area contributed by atoms with E-state index in [9.17, 15) is 0 Å². The normalized spacial score (nSPS) is 10.4. The van der Waals surface area contributed by atoms with Crippen LogP contribution < -0.4 is 5.32 Å². The van der Waals surface area contributed by atoms with Crippen LogP contribution in [0.5, 0.6) is 0 Å². The molecule has 0 aliphatic heterocycles. The zero-order valence-corrected chi connectivity index (χ0v) is 13.7. The summed E-state index contributed by atoms with van der Waals surface area (Å²) in [7, 11) is 0. The van der Waals surface area contributed by atoms with E-state index in [1.165, 1.54) is 9.13 Å². The minimum atomic E-state index is 0.762. The number of nitrogens with zero attached hydrogens (tertiary/aromatic N) is 1. The van der Waals surface area contributed by atoms with Gasteiger partial charge in [0.25, 0.3) is 0 Å². The Morgan fingerprint density at radius 1 is 1.05 bits per heavy atom. The number of thiazole rings is 1. The molecule has 2 aromatic carbocycles. The predicted molar refractivity (Wildman–Crippen MR) is 94.0 cm³/mol. The topological polar surface area (TPSA) is 24.9 Å². The fourth-order valence-corrected chi connectivity index (χ4v) is 3.20. The van der Waals surface area contributed by atoms with Crippen molar-refractivity contribution in [1.82, 2.24) is 4.98 Å². The summed E-state index contributed by atoms with van der Waals surface area (Å²) < 4.78 is 1.23. The maximum absolute atomic E-state index is 4.67. The van der Waals surface area contributed by atoms with E-state index >= 15 is 0 Å². The lowest BCUT2D eigenvalue weighted by Crippen LogP contribution is -1.98. The molecule has 0 aliphatic carbocycles. The van der Waals surface area contributed by atoms with Gasteiger partial charge in [0.05, 0.1) is 12.2 Å². The first kappa shape index (κ1) is 13.6. The van der Waals surface area contributed by atoms with Gasteiger partial charge in [0, 0.05) is 20.2 Å². The molecule has 1 heterocycles. The van der Waals surface area contributed by atoms with Crippen LogP contribution in [0, 0.1) is 3.57 Å². The minimum absolute atomic E-state index is 0.762. The second-order valence-corrected chi connectivity index (χ2v) is 6.54. The third-order valence-corrected chi connectivity index (χ3v) is 4.41. The molecule has 2 nitrogen and oxygen atoms in total. The van der Waals surface area contributed by atoms with Gasteiger partial charge in [-0.1, -0.05) is 36.4 Å². The predicted octanol–water partition coefficient (Wildman–Crippen LogP) is 5.03. The molecular weight excluding hydrogens is 379 g/mol. The largest absolute Gasteiger partial charge is 0.378 e. The van der Waals surface area contributed by atoms with E-state index in [2.05, 4.69) is 74.7 Å². The molecule has 0 unspecified atom stereocenters. The van der Waals surface area contributed by atoms with Crippen LogP contribution in [0.15, 0.2) is 60.0 Å². The summed E-state index contributed by atoms with van der Waals surface area (Å²) in [6, 6.07) is 18.6. The second kappa shape index (κ2) is 6.37. The smallest absolute Gasteiger partial charge is 0.112 e. The van der Waals surface area contributed by atoms with Crippen LogP contribution in [-0.4, -0.2) is 4.98 Å². The Labute approximate surface area is 136 Å². The first-order valence-electron chi connectivity index (χ1n) is 6.30. The van der Waals surface area contributed by atoms with Crippen LogP contribution in [0.1, 0.15) is 5.01 Å². The standard InChI is InChI=1S/C16H13IN2S/c17-13-7-4-8-14(9-13)18-10-16-19-15(11-20-16)12-5-2-1-3-6-12/h1-9,11,18H,10H2. The third kappa shape index (κ3) is 3.37. The lowest BCUT2D eigenvalue weighted by Gasteiger charge is -2.04. The van der Waals surface area contributed by atoms with Crippen LogP contribution >= 0.6 is 33.9 Å². The van der Waals surface area contributed by atoms with Crippen molar-refractivity contribution in [3.8, 4) is 11.3 Å². The number of benzene rings is 2. The van der Waals surface area contributed by atoms with Gasteiger partial charge in [-0.2, -0.15) is 0 Å². The molecule has 1 N–H and O–H groups in total. The number of hydrogen-bond acceptors (Lipinski definition) is 3. The molecule has 0 radical (unpaired) electrons. The van der Waals surface area contributed by atoms with Crippen molar-refractivity contribution in [1.29, 1.82) is 0 Å². The number of anilines is 1. The second-order valence-electron chi connectivity index (χ2n) is 4.36. The summed E-state index contributed by atoms with van der Waals surface area (Å²) in [5, 5.41) is 6.62. The lowest BCUT2D eigenvalue weighted by molar-refractivity contribution is 1.11. The van der Waals surface area contributed by atoms with Gasteiger partial charge in [0.2, 0.25) is 0 Å². The Morgan fingerprint density at radius 2 is 1.90 bits per heavy atom. The van der Waals surface area contributed by atoms with Crippen LogP contribution in [0.4, 0.5) is 5.69 Å². The molecule has 0 fully saturated rings. The number of rotatable bonds is 4. The van der Waals surface area contributed by atoms with E-state index in [-0.39, 0.29) is 0 Å². The summed E-state index contributed by atoms with van der Waals surface area (Å²) >= 11 is 4.01. The minimum Gasteiger partial charge on any atom is -0.378 e. The molecule has 20 heavy (non-hydrogen) atoms. The van der Waals surface area contributed by atoms with Crippen molar-refractivity contribution < 1.29 is 0 Å². The molecule has 0 saturated heterocycles. The van der Waals surface area contributed by atoms with Crippen LogP contribution in [0.25, 0.3) is 11.3 Å². The molecule has 0 aliphatic rings.